The molecule has 0 bridgehead atoms. The first kappa shape index (κ1) is 10.5. The highest BCUT2D eigenvalue weighted by atomic mass is 14.9. The minimum atomic E-state index is 0.409. The minimum Gasteiger partial charge on any atom is -0.384 e. The smallest absolute Gasteiger partial charge is 0.0379 e. The van der Waals surface area contributed by atoms with Crippen LogP contribution in [0.3, 0.4) is 0 Å². The van der Waals surface area contributed by atoms with Crippen LogP contribution in [-0.2, 0) is 5.41 Å². The van der Waals surface area contributed by atoms with Crippen molar-refractivity contribution in [3.63, 3.8) is 0 Å². The highest BCUT2D eigenvalue weighted by Gasteiger charge is 2.35. The van der Waals surface area contributed by atoms with Crippen molar-refractivity contribution in [3.05, 3.63) is 29.8 Å². The van der Waals surface area contributed by atoms with Crippen molar-refractivity contribution >= 4 is 5.69 Å². The lowest BCUT2D eigenvalue weighted by Gasteiger charge is -2.27. The molecule has 0 spiro atoms. The summed E-state index contributed by atoms with van der Waals surface area (Å²) in [5.74, 6) is 0. The SMILES string of the molecule is CCCCC1(CC)CNc2ccccc21. The van der Waals surface area contributed by atoms with Crippen molar-refractivity contribution in [2.75, 3.05) is 11.9 Å². The average molecular weight is 203 g/mol. The second-order valence-electron chi connectivity index (χ2n) is 4.64. The molecule has 0 fully saturated rings. The fourth-order valence-electron chi connectivity index (χ4n) is 2.69. The first-order chi connectivity index (χ1) is 7.32. The second kappa shape index (κ2) is 4.26. The van der Waals surface area contributed by atoms with Crippen LogP contribution in [0.15, 0.2) is 24.3 Å². The summed E-state index contributed by atoms with van der Waals surface area (Å²) in [6.45, 7) is 5.72. The van der Waals surface area contributed by atoms with Gasteiger partial charge < -0.3 is 5.32 Å². The molecule has 1 aliphatic rings. The summed E-state index contributed by atoms with van der Waals surface area (Å²) in [7, 11) is 0. The fourth-order valence-corrected chi connectivity index (χ4v) is 2.69. The Morgan fingerprint density at radius 1 is 1.27 bits per heavy atom. The number of para-hydroxylation sites is 1. The molecule has 82 valence electrons. The van der Waals surface area contributed by atoms with Gasteiger partial charge in [0.15, 0.2) is 0 Å². The molecule has 1 aromatic rings. The Hall–Kier alpha value is -0.980. The van der Waals surface area contributed by atoms with Crippen LogP contribution in [0.4, 0.5) is 5.69 Å². The van der Waals surface area contributed by atoms with Crippen molar-refractivity contribution in [2.45, 2.75) is 44.9 Å². The highest BCUT2D eigenvalue weighted by molar-refractivity contribution is 5.60. The Balaban J connectivity index is 2.28. The second-order valence-corrected chi connectivity index (χ2v) is 4.64. The zero-order valence-electron chi connectivity index (χ0n) is 9.84. The molecule has 15 heavy (non-hydrogen) atoms. The van der Waals surface area contributed by atoms with Crippen LogP contribution in [0.2, 0.25) is 0 Å². The molecular weight excluding hydrogens is 182 g/mol. The van der Waals surface area contributed by atoms with Crippen molar-refractivity contribution < 1.29 is 0 Å². The molecule has 1 heteroatoms. The molecule has 1 unspecified atom stereocenters. The van der Waals surface area contributed by atoms with E-state index in [1.165, 1.54) is 31.4 Å². The molecule has 0 amide bonds. The third-order valence-corrected chi connectivity index (χ3v) is 3.80. The number of benzene rings is 1. The van der Waals surface area contributed by atoms with Gasteiger partial charge in [-0.1, -0.05) is 44.9 Å². The van der Waals surface area contributed by atoms with Crippen LogP contribution in [-0.4, -0.2) is 6.54 Å². The van der Waals surface area contributed by atoms with E-state index in [9.17, 15) is 0 Å². The topological polar surface area (TPSA) is 12.0 Å². The lowest BCUT2D eigenvalue weighted by atomic mass is 9.76. The first-order valence-electron chi connectivity index (χ1n) is 6.16. The number of rotatable bonds is 4. The van der Waals surface area contributed by atoms with Crippen molar-refractivity contribution in [1.29, 1.82) is 0 Å². The van der Waals surface area contributed by atoms with E-state index in [0.29, 0.717) is 5.41 Å². The molecule has 1 aromatic carbocycles. The van der Waals surface area contributed by atoms with E-state index in [4.69, 9.17) is 0 Å². The Kier molecular flexibility index (Phi) is 2.99. The average Bonchev–Trinajstić information content (AvgIpc) is 2.66. The predicted octanol–water partition coefficient (Wildman–Crippen LogP) is 3.95. The van der Waals surface area contributed by atoms with E-state index in [1.54, 1.807) is 5.56 Å². The Morgan fingerprint density at radius 3 is 2.80 bits per heavy atom. The Labute approximate surface area is 92.9 Å². The van der Waals surface area contributed by atoms with Crippen LogP contribution in [0, 0.1) is 0 Å². The number of nitrogens with one attached hydrogen (secondary N) is 1. The van der Waals surface area contributed by atoms with Gasteiger partial charge in [-0.25, -0.2) is 0 Å². The van der Waals surface area contributed by atoms with E-state index in [0.717, 1.165) is 6.54 Å². The molecule has 0 radical (unpaired) electrons. The molecular formula is C14H21N. The van der Waals surface area contributed by atoms with Crippen LogP contribution >= 0.6 is 0 Å². The zero-order chi connectivity index (χ0) is 10.7. The largest absolute Gasteiger partial charge is 0.384 e. The number of hydrogen-bond acceptors (Lipinski definition) is 1. The van der Waals surface area contributed by atoms with Gasteiger partial charge in [0.2, 0.25) is 0 Å². The Morgan fingerprint density at radius 2 is 2.07 bits per heavy atom. The predicted molar refractivity (Wildman–Crippen MR) is 66.4 cm³/mol. The summed E-state index contributed by atoms with van der Waals surface area (Å²) in [5, 5.41) is 3.55. The van der Waals surface area contributed by atoms with Gasteiger partial charge >= 0.3 is 0 Å². The van der Waals surface area contributed by atoms with Crippen molar-refractivity contribution in [3.8, 4) is 0 Å². The van der Waals surface area contributed by atoms with E-state index in [1.807, 2.05) is 0 Å². The fraction of sp³-hybridized carbons (Fsp3) is 0.571. The molecule has 0 aliphatic carbocycles. The van der Waals surface area contributed by atoms with E-state index in [2.05, 4.69) is 43.4 Å². The molecule has 1 aliphatic heterocycles. The molecule has 0 aromatic heterocycles. The molecule has 1 nitrogen and oxygen atoms in total. The molecule has 2 rings (SSSR count). The number of anilines is 1. The monoisotopic (exact) mass is 203 g/mol. The van der Waals surface area contributed by atoms with Gasteiger partial charge in [-0.3, -0.25) is 0 Å². The number of fused-ring (bicyclic) bond motifs is 1. The van der Waals surface area contributed by atoms with Gasteiger partial charge in [-0.2, -0.15) is 0 Å². The summed E-state index contributed by atoms with van der Waals surface area (Å²) in [4.78, 5) is 0. The third-order valence-electron chi connectivity index (χ3n) is 3.80. The van der Waals surface area contributed by atoms with E-state index < -0.39 is 0 Å². The van der Waals surface area contributed by atoms with Gasteiger partial charge in [0.1, 0.15) is 0 Å². The summed E-state index contributed by atoms with van der Waals surface area (Å²) in [5.41, 5.74) is 3.31. The third kappa shape index (κ3) is 1.75. The molecule has 0 saturated carbocycles. The number of unbranched alkanes of at least 4 members (excludes halogenated alkanes) is 1. The van der Waals surface area contributed by atoms with Gasteiger partial charge in [0, 0.05) is 17.6 Å². The lowest BCUT2D eigenvalue weighted by Crippen LogP contribution is -2.27. The summed E-state index contributed by atoms with van der Waals surface area (Å²) >= 11 is 0. The maximum atomic E-state index is 3.55. The maximum Gasteiger partial charge on any atom is 0.0379 e. The quantitative estimate of drug-likeness (QED) is 0.781. The van der Waals surface area contributed by atoms with Crippen LogP contribution in [0.5, 0.6) is 0 Å². The first-order valence-corrected chi connectivity index (χ1v) is 6.16. The van der Waals surface area contributed by atoms with E-state index in [-0.39, 0.29) is 0 Å². The van der Waals surface area contributed by atoms with E-state index >= 15 is 0 Å². The zero-order valence-corrected chi connectivity index (χ0v) is 9.84. The molecule has 1 heterocycles. The van der Waals surface area contributed by atoms with Gasteiger partial charge in [0.05, 0.1) is 0 Å². The van der Waals surface area contributed by atoms with Gasteiger partial charge in [-0.15, -0.1) is 0 Å². The lowest BCUT2D eigenvalue weighted by molar-refractivity contribution is 0.402. The normalized spacial score (nSPS) is 23.6. The Bertz CT molecular complexity index is 332. The van der Waals surface area contributed by atoms with Crippen LogP contribution in [0.1, 0.15) is 45.1 Å². The van der Waals surface area contributed by atoms with Crippen molar-refractivity contribution in [1.82, 2.24) is 0 Å². The number of hydrogen-bond donors (Lipinski definition) is 1. The van der Waals surface area contributed by atoms with Crippen LogP contribution < -0.4 is 5.32 Å². The van der Waals surface area contributed by atoms with Gasteiger partial charge in [0.25, 0.3) is 0 Å². The molecule has 1 N–H and O–H groups in total. The highest BCUT2D eigenvalue weighted by Crippen LogP contribution is 2.42. The van der Waals surface area contributed by atoms with Crippen LogP contribution in [0.25, 0.3) is 0 Å². The van der Waals surface area contributed by atoms with Crippen molar-refractivity contribution in [2.24, 2.45) is 0 Å². The summed E-state index contributed by atoms with van der Waals surface area (Å²) in [6.07, 6.45) is 5.20. The standard InChI is InChI=1S/C14H21N/c1-3-5-10-14(4-2)11-15-13-9-7-6-8-12(13)14/h6-9,15H,3-5,10-11H2,1-2H3. The molecule has 1 atom stereocenters. The summed E-state index contributed by atoms with van der Waals surface area (Å²) < 4.78 is 0. The molecule has 0 saturated heterocycles. The minimum absolute atomic E-state index is 0.409. The maximum absolute atomic E-state index is 3.55. The van der Waals surface area contributed by atoms with Gasteiger partial charge in [-0.05, 0) is 24.5 Å². The summed E-state index contributed by atoms with van der Waals surface area (Å²) in [6, 6.07) is 8.80.